The molecular weight excluding hydrogens is 183 g/mol. The van der Waals surface area contributed by atoms with Gasteiger partial charge in [0.25, 0.3) is 0 Å². The van der Waals surface area contributed by atoms with Crippen molar-refractivity contribution in [1.29, 1.82) is 0 Å². The Kier molecular flexibility index (Phi) is 4.01. The van der Waals surface area contributed by atoms with Crippen LogP contribution in [0.4, 0.5) is 4.39 Å². The molecule has 1 aromatic rings. The van der Waals surface area contributed by atoms with Crippen molar-refractivity contribution in [2.45, 2.75) is 6.10 Å². The molecule has 0 heterocycles. The number of halogens is 1. The average molecular weight is 194 g/mol. The number of rotatable bonds is 5. The third kappa shape index (κ3) is 2.78. The van der Waals surface area contributed by atoms with Gasteiger partial charge in [0.15, 0.2) is 6.29 Å². The molecule has 14 heavy (non-hydrogen) atoms. The Balaban J connectivity index is 2.73. The predicted molar refractivity (Wildman–Crippen MR) is 51.4 cm³/mol. The first-order chi connectivity index (χ1) is 6.77. The first-order valence-electron chi connectivity index (χ1n) is 4.21. The molecule has 1 atom stereocenters. The molecule has 0 bridgehead atoms. The van der Waals surface area contributed by atoms with Crippen LogP contribution < -0.4 is 0 Å². The highest BCUT2D eigenvalue weighted by molar-refractivity contribution is 5.59. The Labute approximate surface area is 82.0 Å². The maximum absolute atomic E-state index is 12.6. The highest BCUT2D eigenvalue weighted by Gasteiger charge is 2.09. The summed E-state index contributed by atoms with van der Waals surface area (Å²) >= 11 is 0. The van der Waals surface area contributed by atoms with Crippen LogP contribution in [0.2, 0.25) is 0 Å². The molecule has 0 aliphatic rings. The highest BCUT2D eigenvalue weighted by atomic mass is 19.1. The number of carbonyl (C=O) groups excluding carboxylic acids is 1. The standard InChI is InChI=1S/C11H11FO2/c1-2-7-14-11(8-13)9-3-5-10(12)6-4-9/h2-6,8,11H,1,7H2. The van der Waals surface area contributed by atoms with Gasteiger partial charge in [-0.25, -0.2) is 4.39 Å². The van der Waals surface area contributed by atoms with Crippen molar-refractivity contribution in [1.82, 2.24) is 0 Å². The number of hydrogen-bond donors (Lipinski definition) is 0. The third-order valence-electron chi connectivity index (χ3n) is 1.72. The van der Waals surface area contributed by atoms with Gasteiger partial charge in [0.2, 0.25) is 0 Å². The van der Waals surface area contributed by atoms with Gasteiger partial charge in [0.1, 0.15) is 11.9 Å². The monoisotopic (exact) mass is 194 g/mol. The van der Waals surface area contributed by atoms with Crippen molar-refractivity contribution < 1.29 is 13.9 Å². The second kappa shape index (κ2) is 5.29. The minimum Gasteiger partial charge on any atom is -0.362 e. The molecular formula is C11H11FO2. The predicted octanol–water partition coefficient (Wildman–Crippen LogP) is 2.27. The summed E-state index contributed by atoms with van der Waals surface area (Å²) in [4.78, 5) is 10.6. The Morgan fingerprint density at radius 1 is 1.43 bits per heavy atom. The third-order valence-corrected chi connectivity index (χ3v) is 1.72. The van der Waals surface area contributed by atoms with E-state index in [0.29, 0.717) is 18.5 Å². The number of hydrogen-bond acceptors (Lipinski definition) is 2. The number of aldehydes is 1. The maximum Gasteiger partial charge on any atom is 0.153 e. The molecule has 0 saturated heterocycles. The molecule has 1 aromatic carbocycles. The molecule has 0 aliphatic heterocycles. The smallest absolute Gasteiger partial charge is 0.153 e. The molecule has 3 heteroatoms. The fourth-order valence-electron chi connectivity index (χ4n) is 1.04. The molecule has 1 unspecified atom stereocenters. The van der Waals surface area contributed by atoms with Crippen LogP contribution >= 0.6 is 0 Å². The van der Waals surface area contributed by atoms with Gasteiger partial charge in [-0.05, 0) is 17.7 Å². The fourth-order valence-corrected chi connectivity index (χ4v) is 1.04. The summed E-state index contributed by atoms with van der Waals surface area (Å²) < 4.78 is 17.7. The minimum atomic E-state index is -0.645. The van der Waals surface area contributed by atoms with E-state index in [1.54, 1.807) is 6.08 Å². The Bertz CT molecular complexity index is 306. The van der Waals surface area contributed by atoms with Crippen LogP contribution in [-0.4, -0.2) is 12.9 Å². The van der Waals surface area contributed by atoms with Gasteiger partial charge in [-0.15, -0.1) is 6.58 Å². The van der Waals surface area contributed by atoms with Gasteiger partial charge >= 0.3 is 0 Å². The van der Waals surface area contributed by atoms with Crippen LogP contribution in [0.3, 0.4) is 0 Å². The zero-order valence-corrected chi connectivity index (χ0v) is 7.65. The van der Waals surface area contributed by atoms with Crippen molar-refractivity contribution in [3.63, 3.8) is 0 Å². The van der Waals surface area contributed by atoms with E-state index in [1.807, 2.05) is 0 Å². The lowest BCUT2D eigenvalue weighted by atomic mass is 10.1. The van der Waals surface area contributed by atoms with Crippen LogP contribution in [0, 0.1) is 5.82 Å². The molecule has 0 fully saturated rings. The van der Waals surface area contributed by atoms with E-state index in [9.17, 15) is 9.18 Å². The van der Waals surface area contributed by atoms with Crippen molar-refractivity contribution in [3.8, 4) is 0 Å². The Hall–Kier alpha value is -1.48. The van der Waals surface area contributed by atoms with Crippen LogP contribution in [0.15, 0.2) is 36.9 Å². The van der Waals surface area contributed by atoms with Crippen LogP contribution in [0.5, 0.6) is 0 Å². The average Bonchev–Trinajstić information content (AvgIpc) is 2.21. The summed E-state index contributed by atoms with van der Waals surface area (Å²) in [6.45, 7) is 3.77. The lowest BCUT2D eigenvalue weighted by molar-refractivity contribution is -0.117. The highest BCUT2D eigenvalue weighted by Crippen LogP contribution is 2.15. The lowest BCUT2D eigenvalue weighted by Crippen LogP contribution is -2.05. The fraction of sp³-hybridized carbons (Fsp3) is 0.182. The van der Waals surface area contributed by atoms with Crippen molar-refractivity contribution in [2.24, 2.45) is 0 Å². The summed E-state index contributed by atoms with van der Waals surface area (Å²) in [6.07, 6.45) is 1.59. The minimum absolute atomic E-state index is 0.292. The van der Waals surface area contributed by atoms with Gasteiger partial charge in [0.05, 0.1) is 6.61 Å². The lowest BCUT2D eigenvalue weighted by Gasteiger charge is -2.10. The number of benzene rings is 1. The summed E-state index contributed by atoms with van der Waals surface area (Å²) in [5.41, 5.74) is 0.642. The molecule has 74 valence electrons. The van der Waals surface area contributed by atoms with Gasteiger partial charge < -0.3 is 9.53 Å². The summed E-state index contributed by atoms with van der Waals surface area (Å²) in [5, 5.41) is 0. The molecule has 0 saturated carbocycles. The first kappa shape index (κ1) is 10.6. The summed E-state index contributed by atoms with van der Waals surface area (Å²) in [7, 11) is 0. The van der Waals surface area contributed by atoms with Crippen LogP contribution in [-0.2, 0) is 9.53 Å². The van der Waals surface area contributed by atoms with Gasteiger partial charge in [-0.1, -0.05) is 18.2 Å². The quantitative estimate of drug-likeness (QED) is 0.531. The van der Waals surface area contributed by atoms with E-state index < -0.39 is 6.10 Å². The van der Waals surface area contributed by atoms with E-state index >= 15 is 0 Å². The topological polar surface area (TPSA) is 26.3 Å². The van der Waals surface area contributed by atoms with Gasteiger partial charge in [-0.2, -0.15) is 0 Å². The van der Waals surface area contributed by atoms with Crippen molar-refractivity contribution in [2.75, 3.05) is 6.61 Å². The molecule has 0 radical (unpaired) electrons. The molecule has 0 amide bonds. The van der Waals surface area contributed by atoms with Gasteiger partial charge in [0, 0.05) is 0 Å². The summed E-state index contributed by atoms with van der Waals surface area (Å²) in [5.74, 6) is -0.331. The van der Waals surface area contributed by atoms with E-state index in [0.717, 1.165) is 0 Å². The van der Waals surface area contributed by atoms with Crippen molar-refractivity contribution >= 4 is 6.29 Å². The van der Waals surface area contributed by atoms with Gasteiger partial charge in [-0.3, -0.25) is 0 Å². The molecule has 2 nitrogen and oxygen atoms in total. The molecule has 0 aromatic heterocycles. The van der Waals surface area contributed by atoms with Crippen molar-refractivity contribution in [3.05, 3.63) is 48.3 Å². The molecule has 0 spiro atoms. The van der Waals surface area contributed by atoms with E-state index in [1.165, 1.54) is 24.3 Å². The Morgan fingerprint density at radius 3 is 2.57 bits per heavy atom. The molecule has 0 aliphatic carbocycles. The van der Waals surface area contributed by atoms with E-state index in [2.05, 4.69) is 6.58 Å². The Morgan fingerprint density at radius 2 is 2.07 bits per heavy atom. The van der Waals surface area contributed by atoms with Crippen LogP contribution in [0.25, 0.3) is 0 Å². The zero-order chi connectivity index (χ0) is 10.4. The normalized spacial score (nSPS) is 12.1. The number of ether oxygens (including phenoxy) is 1. The molecule has 0 N–H and O–H groups in total. The second-order valence-electron chi connectivity index (χ2n) is 2.73. The van der Waals surface area contributed by atoms with E-state index in [4.69, 9.17) is 4.74 Å². The summed E-state index contributed by atoms with van der Waals surface area (Å²) in [6, 6.07) is 5.64. The second-order valence-corrected chi connectivity index (χ2v) is 2.73. The SMILES string of the molecule is C=CCOC(C=O)c1ccc(F)cc1. The first-order valence-corrected chi connectivity index (χ1v) is 4.21. The largest absolute Gasteiger partial charge is 0.362 e. The van der Waals surface area contributed by atoms with Crippen LogP contribution in [0.1, 0.15) is 11.7 Å². The maximum atomic E-state index is 12.6. The zero-order valence-electron chi connectivity index (χ0n) is 7.65. The van der Waals surface area contributed by atoms with E-state index in [-0.39, 0.29) is 5.82 Å². The number of carbonyl (C=O) groups is 1. The molecule has 1 rings (SSSR count).